The summed E-state index contributed by atoms with van der Waals surface area (Å²) >= 11 is 0. The zero-order valence-corrected chi connectivity index (χ0v) is 13.9. The van der Waals surface area contributed by atoms with Gasteiger partial charge in [-0.15, -0.1) is 0 Å². The van der Waals surface area contributed by atoms with Crippen molar-refractivity contribution in [2.45, 2.75) is 67.2 Å². The van der Waals surface area contributed by atoms with Crippen molar-refractivity contribution < 1.29 is 0 Å². The van der Waals surface area contributed by atoms with Gasteiger partial charge in [-0.1, -0.05) is 78.7 Å². The molecular formula is C17H37N. The van der Waals surface area contributed by atoms with E-state index in [-0.39, 0.29) is 0 Å². The summed E-state index contributed by atoms with van der Waals surface area (Å²) in [6.45, 7) is 17.2. The van der Waals surface area contributed by atoms with Crippen LogP contribution in [0, 0.1) is 11.8 Å². The van der Waals surface area contributed by atoms with Crippen LogP contribution in [0.4, 0.5) is 0 Å². The van der Waals surface area contributed by atoms with Crippen LogP contribution in [0.1, 0.15) is 67.2 Å². The maximum Gasteiger partial charge on any atom is -0.0195 e. The molecule has 0 bridgehead atoms. The van der Waals surface area contributed by atoms with Crippen LogP contribution in [0.2, 0.25) is 0 Å². The molecule has 0 fully saturated rings. The second kappa shape index (κ2) is 18.8. The SMILES string of the molecule is C=C/C(=C\CC(C)C)CC(C)C.CCCC.CN. The maximum absolute atomic E-state index is 4.50. The van der Waals surface area contributed by atoms with E-state index in [2.05, 4.69) is 59.9 Å². The minimum absolute atomic E-state index is 0.737. The van der Waals surface area contributed by atoms with Gasteiger partial charge in [-0.3, -0.25) is 0 Å². The summed E-state index contributed by atoms with van der Waals surface area (Å²) in [7, 11) is 1.50. The Morgan fingerprint density at radius 2 is 1.44 bits per heavy atom. The van der Waals surface area contributed by atoms with Crippen LogP contribution < -0.4 is 5.73 Å². The Balaban J connectivity index is -0.000000317. The predicted octanol–water partition coefficient (Wildman–Crippen LogP) is 5.57. The molecule has 110 valence electrons. The molecule has 18 heavy (non-hydrogen) atoms. The van der Waals surface area contributed by atoms with Crippen molar-refractivity contribution in [3.05, 3.63) is 24.3 Å². The Morgan fingerprint density at radius 3 is 1.67 bits per heavy atom. The number of allylic oxidation sites excluding steroid dienone is 3. The summed E-state index contributed by atoms with van der Waals surface area (Å²) < 4.78 is 0. The standard InChI is InChI=1S/C12H22.C4H10.CH5N/c1-6-12(9-11(4)5)8-7-10(2)3;1-3-4-2;1-2/h6,8,10-11H,1,7,9H2,2-5H3;3-4H2,1-2H3;2H2,1H3/b12-8+;;. The van der Waals surface area contributed by atoms with Crippen molar-refractivity contribution in [3.63, 3.8) is 0 Å². The van der Waals surface area contributed by atoms with Gasteiger partial charge in [-0.2, -0.15) is 0 Å². The van der Waals surface area contributed by atoms with Crippen LogP contribution in [0.3, 0.4) is 0 Å². The number of hydrogen-bond donors (Lipinski definition) is 1. The van der Waals surface area contributed by atoms with Gasteiger partial charge < -0.3 is 5.73 Å². The van der Waals surface area contributed by atoms with Gasteiger partial charge in [0.25, 0.3) is 0 Å². The topological polar surface area (TPSA) is 26.0 Å². The van der Waals surface area contributed by atoms with E-state index < -0.39 is 0 Å². The van der Waals surface area contributed by atoms with Gasteiger partial charge in [-0.25, -0.2) is 0 Å². The Bertz CT molecular complexity index is 176. The van der Waals surface area contributed by atoms with E-state index >= 15 is 0 Å². The molecule has 0 aromatic rings. The lowest BCUT2D eigenvalue weighted by molar-refractivity contribution is 0.632. The van der Waals surface area contributed by atoms with E-state index in [1.165, 1.54) is 31.9 Å². The van der Waals surface area contributed by atoms with Crippen molar-refractivity contribution in [1.82, 2.24) is 0 Å². The highest BCUT2D eigenvalue weighted by Crippen LogP contribution is 2.13. The first kappa shape index (κ1) is 22.6. The quantitative estimate of drug-likeness (QED) is 0.617. The number of hydrogen-bond acceptors (Lipinski definition) is 1. The molecule has 0 aliphatic carbocycles. The van der Waals surface area contributed by atoms with Crippen molar-refractivity contribution in [3.8, 4) is 0 Å². The molecule has 0 heterocycles. The average Bonchev–Trinajstić information content (AvgIpc) is 2.36. The van der Waals surface area contributed by atoms with E-state index in [4.69, 9.17) is 0 Å². The van der Waals surface area contributed by atoms with Crippen molar-refractivity contribution in [2.75, 3.05) is 7.05 Å². The smallest absolute Gasteiger partial charge is 0.0195 e. The highest BCUT2D eigenvalue weighted by Gasteiger charge is 1.97. The van der Waals surface area contributed by atoms with Crippen LogP contribution in [-0.2, 0) is 0 Å². The molecule has 0 rings (SSSR count). The van der Waals surface area contributed by atoms with Gasteiger partial charge in [0, 0.05) is 0 Å². The van der Waals surface area contributed by atoms with Crippen LogP contribution in [-0.4, -0.2) is 7.05 Å². The lowest BCUT2D eigenvalue weighted by atomic mass is 10.00. The fourth-order valence-corrected chi connectivity index (χ4v) is 1.11. The lowest BCUT2D eigenvalue weighted by Gasteiger charge is -2.06. The first-order valence-electron chi connectivity index (χ1n) is 7.36. The second-order valence-electron chi connectivity index (χ2n) is 5.21. The first-order valence-corrected chi connectivity index (χ1v) is 7.36. The van der Waals surface area contributed by atoms with Crippen molar-refractivity contribution >= 4 is 0 Å². The summed E-state index contributed by atoms with van der Waals surface area (Å²) in [5.41, 5.74) is 5.90. The van der Waals surface area contributed by atoms with Crippen LogP contribution in [0.5, 0.6) is 0 Å². The van der Waals surface area contributed by atoms with Crippen LogP contribution >= 0.6 is 0 Å². The molecule has 0 aliphatic heterocycles. The molecule has 0 saturated heterocycles. The molecule has 0 radical (unpaired) electrons. The first-order chi connectivity index (χ1) is 8.47. The summed E-state index contributed by atoms with van der Waals surface area (Å²) in [4.78, 5) is 0. The minimum atomic E-state index is 0.737. The normalized spacial score (nSPS) is 10.4. The van der Waals surface area contributed by atoms with E-state index in [0.29, 0.717) is 0 Å². The molecule has 0 unspecified atom stereocenters. The molecule has 0 saturated carbocycles. The monoisotopic (exact) mass is 255 g/mol. The molecule has 1 nitrogen and oxygen atoms in total. The Kier molecular flexibility index (Phi) is 23.6. The van der Waals surface area contributed by atoms with E-state index in [9.17, 15) is 0 Å². The highest BCUT2D eigenvalue weighted by molar-refractivity contribution is 5.16. The molecule has 0 aromatic heterocycles. The van der Waals surface area contributed by atoms with Crippen molar-refractivity contribution in [1.29, 1.82) is 0 Å². The van der Waals surface area contributed by atoms with Gasteiger partial charge in [0.1, 0.15) is 0 Å². The number of nitrogens with two attached hydrogens (primary N) is 1. The summed E-state index contributed by atoms with van der Waals surface area (Å²) in [6, 6.07) is 0. The van der Waals surface area contributed by atoms with E-state index in [1.807, 2.05) is 6.08 Å². The van der Waals surface area contributed by atoms with Crippen molar-refractivity contribution in [2.24, 2.45) is 17.6 Å². The molecular weight excluding hydrogens is 218 g/mol. The zero-order valence-electron chi connectivity index (χ0n) is 13.9. The minimum Gasteiger partial charge on any atom is -0.333 e. The number of rotatable bonds is 6. The van der Waals surface area contributed by atoms with Gasteiger partial charge in [-0.05, 0) is 31.7 Å². The third-order valence-corrected chi connectivity index (χ3v) is 2.26. The van der Waals surface area contributed by atoms with E-state index in [1.54, 1.807) is 0 Å². The largest absolute Gasteiger partial charge is 0.333 e. The molecule has 0 aromatic carbocycles. The fourth-order valence-electron chi connectivity index (χ4n) is 1.11. The molecule has 2 N–H and O–H groups in total. The number of unbranched alkanes of at least 4 members (excludes halogenated alkanes) is 1. The molecule has 0 atom stereocenters. The Morgan fingerprint density at radius 1 is 1.00 bits per heavy atom. The highest BCUT2D eigenvalue weighted by atomic mass is 14.4. The molecule has 0 amide bonds. The second-order valence-corrected chi connectivity index (χ2v) is 5.21. The third-order valence-electron chi connectivity index (χ3n) is 2.26. The summed E-state index contributed by atoms with van der Waals surface area (Å²) in [5.74, 6) is 1.49. The van der Waals surface area contributed by atoms with Gasteiger partial charge in [0.2, 0.25) is 0 Å². The Labute approximate surface area is 117 Å². The molecule has 0 aliphatic rings. The van der Waals surface area contributed by atoms with E-state index in [0.717, 1.165) is 18.3 Å². The van der Waals surface area contributed by atoms with Gasteiger partial charge in [0.15, 0.2) is 0 Å². The van der Waals surface area contributed by atoms with Gasteiger partial charge in [0.05, 0.1) is 0 Å². The maximum atomic E-state index is 4.50. The van der Waals surface area contributed by atoms with Crippen LogP contribution in [0.25, 0.3) is 0 Å². The fraction of sp³-hybridized carbons (Fsp3) is 0.765. The predicted molar refractivity (Wildman–Crippen MR) is 87.9 cm³/mol. The summed E-state index contributed by atoms with van der Waals surface area (Å²) in [5, 5.41) is 0. The zero-order chi connectivity index (χ0) is 15.0. The third kappa shape index (κ3) is 24.6. The Hall–Kier alpha value is -0.560. The average molecular weight is 255 g/mol. The lowest BCUT2D eigenvalue weighted by Crippen LogP contribution is -1.90. The molecule has 1 heteroatoms. The summed E-state index contributed by atoms with van der Waals surface area (Å²) in [6.07, 6.45) is 9.28. The van der Waals surface area contributed by atoms with Gasteiger partial charge >= 0.3 is 0 Å². The van der Waals surface area contributed by atoms with Crippen LogP contribution in [0.15, 0.2) is 24.3 Å². The molecule has 0 spiro atoms.